The Hall–Kier alpha value is -2.41. The zero-order valence-electron chi connectivity index (χ0n) is 17.5. The predicted octanol–water partition coefficient (Wildman–Crippen LogP) is 3.54. The Morgan fingerprint density at radius 2 is 1.93 bits per heavy atom. The molecule has 3 aliphatic rings. The third-order valence-corrected chi connectivity index (χ3v) is 6.51. The molecular weight excluding hydrogens is 380 g/mol. The summed E-state index contributed by atoms with van der Waals surface area (Å²) in [6, 6.07) is 7.53. The highest BCUT2D eigenvalue weighted by atomic mass is 16.5. The molecule has 0 aliphatic carbocycles. The second-order valence-corrected chi connectivity index (χ2v) is 8.56. The van der Waals surface area contributed by atoms with Gasteiger partial charge in [-0.15, -0.1) is 10.2 Å². The summed E-state index contributed by atoms with van der Waals surface area (Å²) in [5.74, 6) is 2.89. The number of hydrogen-bond donors (Lipinski definition) is 0. The van der Waals surface area contributed by atoms with E-state index in [1.54, 1.807) is 0 Å². The first-order valence-corrected chi connectivity index (χ1v) is 11.4. The van der Waals surface area contributed by atoms with Crippen LogP contribution in [0.2, 0.25) is 0 Å². The number of amides is 1. The van der Waals surface area contributed by atoms with Crippen LogP contribution in [-0.4, -0.2) is 51.4 Å². The highest BCUT2D eigenvalue weighted by Crippen LogP contribution is 2.33. The molecule has 0 N–H and O–H groups in total. The van der Waals surface area contributed by atoms with Crippen LogP contribution < -0.4 is 4.74 Å². The van der Waals surface area contributed by atoms with E-state index in [0.29, 0.717) is 12.2 Å². The van der Waals surface area contributed by atoms with Crippen molar-refractivity contribution in [3.8, 4) is 5.75 Å². The molecule has 1 aromatic heterocycles. The van der Waals surface area contributed by atoms with Gasteiger partial charge in [0.25, 0.3) is 5.91 Å². The van der Waals surface area contributed by atoms with E-state index in [1.807, 2.05) is 29.2 Å². The highest BCUT2D eigenvalue weighted by Gasteiger charge is 2.34. The van der Waals surface area contributed by atoms with Crippen molar-refractivity contribution in [3.05, 3.63) is 41.5 Å². The number of rotatable bonds is 5. The lowest BCUT2D eigenvalue weighted by Gasteiger charge is -2.25. The first-order valence-electron chi connectivity index (χ1n) is 11.4. The van der Waals surface area contributed by atoms with Gasteiger partial charge in [-0.05, 0) is 62.8 Å². The molecule has 3 aliphatic heterocycles. The van der Waals surface area contributed by atoms with E-state index in [-0.39, 0.29) is 18.1 Å². The van der Waals surface area contributed by atoms with Crippen LogP contribution in [0.3, 0.4) is 0 Å². The molecule has 2 saturated heterocycles. The van der Waals surface area contributed by atoms with Crippen molar-refractivity contribution < 1.29 is 14.3 Å². The first-order chi connectivity index (χ1) is 14.8. The van der Waals surface area contributed by atoms with Gasteiger partial charge in [0.1, 0.15) is 18.2 Å². The summed E-state index contributed by atoms with van der Waals surface area (Å²) in [6.07, 6.45) is 8.85. The van der Waals surface area contributed by atoms with Crippen LogP contribution >= 0.6 is 0 Å². The van der Waals surface area contributed by atoms with Gasteiger partial charge in [0, 0.05) is 31.7 Å². The molecule has 1 amide bonds. The SMILES string of the molecule is O=C(c1ccc(OC[C@H]2CCCO2)cc1)N1CCC[C@H]1c1nnc2n1CCCCC2. The number of hydrogen-bond acceptors (Lipinski definition) is 5. The van der Waals surface area contributed by atoms with E-state index in [4.69, 9.17) is 9.47 Å². The largest absolute Gasteiger partial charge is 0.491 e. The second-order valence-electron chi connectivity index (χ2n) is 8.56. The molecule has 2 atom stereocenters. The van der Waals surface area contributed by atoms with E-state index >= 15 is 0 Å². The lowest BCUT2D eigenvalue weighted by molar-refractivity contribution is 0.0678. The Labute approximate surface area is 177 Å². The Balaban J connectivity index is 1.27. The second kappa shape index (κ2) is 8.76. The van der Waals surface area contributed by atoms with Crippen LogP contribution in [-0.2, 0) is 17.7 Å². The number of nitrogens with zero attached hydrogens (tertiary/aromatic N) is 4. The lowest BCUT2D eigenvalue weighted by atomic mass is 10.1. The van der Waals surface area contributed by atoms with Crippen LogP contribution in [0, 0.1) is 0 Å². The van der Waals surface area contributed by atoms with E-state index in [1.165, 1.54) is 12.8 Å². The van der Waals surface area contributed by atoms with E-state index in [9.17, 15) is 4.79 Å². The standard InChI is InChI=1S/C23H30N4O3/c28-23(17-9-11-18(12-10-17)30-16-19-6-5-15-29-19)26-14-4-7-20(26)22-25-24-21-8-2-1-3-13-27(21)22/h9-12,19-20H,1-8,13-16H2/t19-,20+/m1/s1. The van der Waals surface area contributed by atoms with Crippen molar-refractivity contribution >= 4 is 5.91 Å². The smallest absolute Gasteiger partial charge is 0.254 e. The first kappa shape index (κ1) is 19.5. The average Bonchev–Trinajstić information content (AvgIpc) is 3.51. The minimum absolute atomic E-state index is 0.0206. The number of likely N-dealkylation sites (tertiary alicyclic amines) is 1. The van der Waals surface area contributed by atoms with Crippen molar-refractivity contribution in [2.75, 3.05) is 19.8 Å². The minimum Gasteiger partial charge on any atom is -0.491 e. The molecule has 4 heterocycles. The normalized spacial score (nSPS) is 23.9. The number of fused-ring (bicyclic) bond motifs is 1. The summed E-state index contributed by atoms with van der Waals surface area (Å²) in [5, 5.41) is 8.95. The molecular formula is C23H30N4O3. The summed E-state index contributed by atoms with van der Waals surface area (Å²) >= 11 is 0. The molecule has 0 radical (unpaired) electrons. The maximum Gasteiger partial charge on any atom is 0.254 e. The van der Waals surface area contributed by atoms with Crippen molar-refractivity contribution in [1.29, 1.82) is 0 Å². The van der Waals surface area contributed by atoms with Gasteiger partial charge in [0.05, 0.1) is 12.1 Å². The molecule has 0 bridgehead atoms. The molecule has 30 heavy (non-hydrogen) atoms. The summed E-state index contributed by atoms with van der Waals surface area (Å²) in [6.45, 7) is 3.13. The fraction of sp³-hybridized carbons (Fsp3) is 0.609. The number of ether oxygens (including phenoxy) is 2. The molecule has 5 rings (SSSR count). The summed E-state index contributed by atoms with van der Waals surface area (Å²) in [4.78, 5) is 15.3. The monoisotopic (exact) mass is 410 g/mol. The van der Waals surface area contributed by atoms with Crippen molar-refractivity contribution in [1.82, 2.24) is 19.7 Å². The van der Waals surface area contributed by atoms with Crippen molar-refractivity contribution in [2.24, 2.45) is 0 Å². The van der Waals surface area contributed by atoms with Gasteiger partial charge in [-0.25, -0.2) is 0 Å². The van der Waals surface area contributed by atoms with Gasteiger partial charge in [-0.1, -0.05) is 6.42 Å². The predicted molar refractivity (Wildman–Crippen MR) is 111 cm³/mol. The minimum atomic E-state index is 0.0206. The lowest BCUT2D eigenvalue weighted by Crippen LogP contribution is -2.32. The van der Waals surface area contributed by atoms with Crippen molar-refractivity contribution in [3.63, 3.8) is 0 Å². The third-order valence-electron chi connectivity index (χ3n) is 6.51. The third kappa shape index (κ3) is 3.95. The number of benzene rings is 1. The van der Waals surface area contributed by atoms with Crippen LogP contribution in [0.25, 0.3) is 0 Å². The zero-order chi connectivity index (χ0) is 20.3. The zero-order valence-corrected chi connectivity index (χ0v) is 17.5. The quantitative estimate of drug-likeness (QED) is 0.754. The summed E-state index contributed by atoms with van der Waals surface area (Å²) in [5.41, 5.74) is 0.696. The van der Waals surface area contributed by atoms with E-state index in [0.717, 1.165) is 75.6 Å². The Morgan fingerprint density at radius 1 is 1.03 bits per heavy atom. The molecule has 0 saturated carbocycles. The molecule has 7 heteroatoms. The van der Waals surface area contributed by atoms with Gasteiger partial charge in [-0.3, -0.25) is 4.79 Å². The van der Waals surface area contributed by atoms with Gasteiger partial charge >= 0.3 is 0 Å². The maximum atomic E-state index is 13.3. The van der Waals surface area contributed by atoms with Gasteiger partial charge in [-0.2, -0.15) is 0 Å². The fourth-order valence-corrected chi connectivity index (χ4v) is 4.86. The average molecular weight is 411 g/mol. The molecule has 7 nitrogen and oxygen atoms in total. The van der Waals surface area contributed by atoms with Crippen LogP contribution in [0.1, 0.15) is 73.0 Å². The number of carbonyl (C=O) groups is 1. The maximum absolute atomic E-state index is 13.3. The van der Waals surface area contributed by atoms with E-state index in [2.05, 4.69) is 14.8 Å². The Bertz CT molecular complexity index is 873. The summed E-state index contributed by atoms with van der Waals surface area (Å²) < 4.78 is 13.7. The van der Waals surface area contributed by atoms with Crippen LogP contribution in [0.5, 0.6) is 5.75 Å². The van der Waals surface area contributed by atoms with Gasteiger partial charge < -0.3 is 18.9 Å². The topological polar surface area (TPSA) is 69.5 Å². The molecule has 0 spiro atoms. The van der Waals surface area contributed by atoms with Gasteiger partial charge in [0.15, 0.2) is 5.82 Å². The fourth-order valence-electron chi connectivity index (χ4n) is 4.86. The Kier molecular flexibility index (Phi) is 5.71. The molecule has 160 valence electrons. The van der Waals surface area contributed by atoms with Crippen LogP contribution in [0.4, 0.5) is 0 Å². The molecule has 1 aromatic carbocycles. The number of carbonyl (C=O) groups excluding carboxylic acids is 1. The van der Waals surface area contributed by atoms with E-state index < -0.39 is 0 Å². The molecule has 2 fully saturated rings. The van der Waals surface area contributed by atoms with Crippen LogP contribution in [0.15, 0.2) is 24.3 Å². The Morgan fingerprint density at radius 3 is 2.77 bits per heavy atom. The molecule has 0 unspecified atom stereocenters. The molecule has 2 aromatic rings. The number of aryl methyl sites for hydroxylation is 1. The number of aromatic nitrogens is 3. The highest BCUT2D eigenvalue weighted by molar-refractivity contribution is 5.94. The van der Waals surface area contributed by atoms with Crippen molar-refractivity contribution in [2.45, 2.75) is 70.1 Å². The van der Waals surface area contributed by atoms with Gasteiger partial charge in [0.2, 0.25) is 0 Å². The summed E-state index contributed by atoms with van der Waals surface area (Å²) in [7, 11) is 0.